The summed E-state index contributed by atoms with van der Waals surface area (Å²) >= 11 is 6.30. The molecule has 7 heteroatoms. The molecule has 1 aliphatic heterocycles. The highest BCUT2D eigenvalue weighted by atomic mass is 35.5. The molecule has 0 unspecified atom stereocenters. The van der Waals surface area contributed by atoms with Gasteiger partial charge in [0, 0.05) is 50.0 Å². The van der Waals surface area contributed by atoms with Crippen LogP contribution in [0.1, 0.15) is 24.1 Å². The number of nitrogens with zero attached hydrogens (tertiary/aromatic N) is 3. The Morgan fingerprint density at radius 2 is 2.04 bits per heavy atom. The zero-order valence-corrected chi connectivity index (χ0v) is 16.5. The number of rotatable bonds is 5. The van der Waals surface area contributed by atoms with Crippen molar-refractivity contribution in [1.82, 2.24) is 15.1 Å². The summed E-state index contributed by atoms with van der Waals surface area (Å²) in [4.78, 5) is 2.42. The molecular formula is C18H26Cl2N4O. The molecule has 1 aromatic carbocycles. The van der Waals surface area contributed by atoms with Gasteiger partial charge in [-0.2, -0.15) is 5.10 Å². The molecule has 0 bridgehead atoms. The Bertz CT molecular complexity index is 696. The molecule has 1 saturated heterocycles. The first-order chi connectivity index (χ1) is 11.6. The predicted octanol–water partition coefficient (Wildman–Crippen LogP) is 3.57. The first-order valence-electron chi connectivity index (χ1n) is 8.39. The van der Waals surface area contributed by atoms with E-state index >= 15 is 0 Å². The number of anilines is 1. The molecule has 2 heterocycles. The molecular weight excluding hydrogens is 359 g/mol. The summed E-state index contributed by atoms with van der Waals surface area (Å²) in [5.74, 6) is 0.912. The van der Waals surface area contributed by atoms with Gasteiger partial charge in [-0.1, -0.05) is 17.7 Å². The van der Waals surface area contributed by atoms with E-state index in [0.717, 1.165) is 54.6 Å². The van der Waals surface area contributed by atoms with E-state index in [-0.39, 0.29) is 12.4 Å². The van der Waals surface area contributed by atoms with Crippen molar-refractivity contribution in [2.45, 2.75) is 32.4 Å². The number of halogens is 2. The third-order valence-electron chi connectivity index (χ3n) is 4.75. The number of ether oxygens (including phenoxy) is 1. The predicted molar refractivity (Wildman–Crippen MR) is 105 cm³/mol. The van der Waals surface area contributed by atoms with Crippen molar-refractivity contribution in [3.8, 4) is 5.75 Å². The van der Waals surface area contributed by atoms with Gasteiger partial charge in [0.15, 0.2) is 0 Å². The van der Waals surface area contributed by atoms with Crippen LogP contribution in [0.3, 0.4) is 0 Å². The third-order valence-corrected chi connectivity index (χ3v) is 5.22. The minimum Gasteiger partial charge on any atom is -0.497 e. The summed E-state index contributed by atoms with van der Waals surface area (Å²) in [7, 11) is 3.59. The number of piperidine rings is 1. The van der Waals surface area contributed by atoms with Gasteiger partial charge >= 0.3 is 0 Å². The monoisotopic (exact) mass is 384 g/mol. The summed E-state index contributed by atoms with van der Waals surface area (Å²) in [6.45, 7) is 4.88. The number of hydrogen-bond donors (Lipinski definition) is 1. The summed E-state index contributed by atoms with van der Waals surface area (Å²) in [5, 5.41) is 8.74. The molecule has 1 N–H and O–H groups in total. The summed E-state index contributed by atoms with van der Waals surface area (Å²) in [6, 6.07) is 8.80. The molecule has 3 rings (SSSR count). The third kappa shape index (κ3) is 4.60. The molecule has 0 radical (unpaired) electrons. The number of hydrogen-bond acceptors (Lipinski definition) is 4. The van der Waals surface area contributed by atoms with Crippen LogP contribution < -0.4 is 15.0 Å². The molecule has 0 spiro atoms. The zero-order chi connectivity index (χ0) is 17.1. The van der Waals surface area contributed by atoms with Gasteiger partial charge in [0.1, 0.15) is 10.9 Å². The maximum absolute atomic E-state index is 6.30. The van der Waals surface area contributed by atoms with Gasteiger partial charge in [0.25, 0.3) is 0 Å². The van der Waals surface area contributed by atoms with Crippen molar-refractivity contribution in [2.24, 2.45) is 7.05 Å². The lowest BCUT2D eigenvalue weighted by Gasteiger charge is -2.34. The zero-order valence-electron chi connectivity index (χ0n) is 15.0. The Morgan fingerprint density at radius 1 is 1.32 bits per heavy atom. The average Bonchev–Trinajstić information content (AvgIpc) is 2.86. The first kappa shape index (κ1) is 19.9. The number of benzene rings is 1. The molecule has 138 valence electrons. The van der Waals surface area contributed by atoms with Crippen molar-refractivity contribution < 1.29 is 4.74 Å². The number of aryl methyl sites for hydroxylation is 2. The average molecular weight is 385 g/mol. The highest BCUT2D eigenvalue weighted by molar-refractivity contribution is 6.30. The Morgan fingerprint density at radius 3 is 2.64 bits per heavy atom. The standard InChI is InChI=1S/C18H25ClN4O.ClH/c1-13-17(18(19)22(2)21-13)12-20-14-7-9-23(10-8-14)15-5-4-6-16(11-15)24-3;/h4-6,11,14,20H,7-10,12H2,1-3H3;1H. The van der Waals surface area contributed by atoms with E-state index in [1.54, 1.807) is 11.8 Å². The van der Waals surface area contributed by atoms with E-state index in [9.17, 15) is 0 Å². The second kappa shape index (κ2) is 8.79. The Labute approximate surface area is 160 Å². The van der Waals surface area contributed by atoms with E-state index in [2.05, 4.69) is 27.4 Å². The molecule has 0 aliphatic carbocycles. The van der Waals surface area contributed by atoms with Crippen LogP contribution in [-0.2, 0) is 13.6 Å². The molecule has 1 aliphatic rings. The van der Waals surface area contributed by atoms with Crippen LogP contribution in [0.4, 0.5) is 5.69 Å². The molecule has 0 amide bonds. The lowest BCUT2D eigenvalue weighted by atomic mass is 10.0. The van der Waals surface area contributed by atoms with Gasteiger partial charge < -0.3 is 15.0 Å². The molecule has 2 aromatic rings. The lowest BCUT2D eigenvalue weighted by Crippen LogP contribution is -2.42. The fourth-order valence-corrected chi connectivity index (χ4v) is 3.51. The molecule has 1 aromatic heterocycles. The summed E-state index contributed by atoms with van der Waals surface area (Å²) < 4.78 is 7.05. The number of aromatic nitrogens is 2. The van der Waals surface area contributed by atoms with Crippen LogP contribution in [0, 0.1) is 6.92 Å². The van der Waals surface area contributed by atoms with Gasteiger partial charge in [-0.3, -0.25) is 4.68 Å². The van der Waals surface area contributed by atoms with Gasteiger partial charge in [0.2, 0.25) is 0 Å². The normalized spacial score (nSPS) is 15.1. The number of methoxy groups -OCH3 is 1. The van der Waals surface area contributed by atoms with Gasteiger partial charge in [0.05, 0.1) is 12.8 Å². The Hall–Kier alpha value is -1.43. The minimum absolute atomic E-state index is 0. The largest absolute Gasteiger partial charge is 0.497 e. The van der Waals surface area contributed by atoms with Crippen molar-refractivity contribution in [1.29, 1.82) is 0 Å². The van der Waals surface area contributed by atoms with E-state index in [1.807, 2.05) is 26.1 Å². The van der Waals surface area contributed by atoms with E-state index < -0.39 is 0 Å². The van der Waals surface area contributed by atoms with E-state index in [0.29, 0.717) is 6.04 Å². The minimum atomic E-state index is 0. The molecule has 0 saturated carbocycles. The van der Waals surface area contributed by atoms with Crippen molar-refractivity contribution in [3.05, 3.63) is 40.7 Å². The van der Waals surface area contributed by atoms with Crippen molar-refractivity contribution in [3.63, 3.8) is 0 Å². The molecule has 5 nitrogen and oxygen atoms in total. The molecule has 1 fully saturated rings. The van der Waals surface area contributed by atoms with Gasteiger partial charge in [-0.15, -0.1) is 12.4 Å². The van der Waals surface area contributed by atoms with Crippen LogP contribution in [0.2, 0.25) is 5.15 Å². The Balaban J connectivity index is 0.00000225. The highest BCUT2D eigenvalue weighted by Gasteiger charge is 2.20. The first-order valence-corrected chi connectivity index (χ1v) is 8.76. The summed E-state index contributed by atoms with van der Waals surface area (Å²) in [6.07, 6.45) is 2.24. The highest BCUT2D eigenvalue weighted by Crippen LogP contribution is 2.25. The van der Waals surface area contributed by atoms with Gasteiger partial charge in [-0.25, -0.2) is 0 Å². The smallest absolute Gasteiger partial charge is 0.131 e. The second-order valence-electron chi connectivity index (χ2n) is 6.32. The van der Waals surface area contributed by atoms with Gasteiger partial charge in [-0.05, 0) is 31.9 Å². The number of nitrogens with one attached hydrogen (secondary N) is 1. The van der Waals surface area contributed by atoms with Crippen LogP contribution in [0.25, 0.3) is 0 Å². The van der Waals surface area contributed by atoms with E-state index in [4.69, 9.17) is 16.3 Å². The van der Waals surface area contributed by atoms with Crippen molar-refractivity contribution in [2.75, 3.05) is 25.1 Å². The van der Waals surface area contributed by atoms with Crippen molar-refractivity contribution >= 4 is 29.7 Å². The van der Waals surface area contributed by atoms with Crippen LogP contribution in [-0.4, -0.2) is 36.0 Å². The SMILES string of the molecule is COc1cccc(N2CCC(NCc3c(C)nn(C)c3Cl)CC2)c1.Cl. The Kier molecular flexibility index (Phi) is 6.99. The van der Waals surface area contributed by atoms with Crippen LogP contribution in [0.15, 0.2) is 24.3 Å². The molecule has 25 heavy (non-hydrogen) atoms. The molecule has 0 atom stereocenters. The van der Waals surface area contributed by atoms with Crippen LogP contribution >= 0.6 is 24.0 Å². The maximum Gasteiger partial charge on any atom is 0.131 e. The fourth-order valence-electron chi connectivity index (χ4n) is 3.27. The fraction of sp³-hybridized carbons (Fsp3) is 0.500. The quantitative estimate of drug-likeness (QED) is 0.855. The topological polar surface area (TPSA) is 42.3 Å². The van der Waals surface area contributed by atoms with Crippen LogP contribution in [0.5, 0.6) is 5.75 Å². The summed E-state index contributed by atoms with van der Waals surface area (Å²) in [5.41, 5.74) is 3.34. The second-order valence-corrected chi connectivity index (χ2v) is 6.68. The van der Waals surface area contributed by atoms with E-state index in [1.165, 1.54) is 5.69 Å². The lowest BCUT2D eigenvalue weighted by molar-refractivity contribution is 0.408. The maximum atomic E-state index is 6.30.